The number of nitrogens with zero attached hydrogens (tertiary/aromatic N) is 4. The predicted octanol–water partition coefficient (Wildman–Crippen LogP) is 0.718. The van der Waals surface area contributed by atoms with Crippen molar-refractivity contribution in [3.63, 3.8) is 0 Å². The number of nitrogens with two attached hydrogens (primary N) is 1. The van der Waals surface area contributed by atoms with Crippen molar-refractivity contribution >= 4 is 5.82 Å². The molecular weight excluding hydrogens is 226 g/mol. The number of aryl methyl sites for hydroxylation is 2. The molecule has 2 N–H and O–H groups in total. The van der Waals surface area contributed by atoms with Crippen LogP contribution >= 0.6 is 0 Å². The number of piperidine rings is 1. The summed E-state index contributed by atoms with van der Waals surface area (Å²) in [6.07, 6.45) is 2.51. The lowest BCUT2D eigenvalue weighted by Crippen LogP contribution is -2.45. The van der Waals surface area contributed by atoms with Crippen molar-refractivity contribution in [1.82, 2.24) is 14.7 Å². The highest BCUT2D eigenvalue weighted by Gasteiger charge is 2.25. The third-order valence-corrected chi connectivity index (χ3v) is 4.00. The number of rotatable bonds is 3. The first-order valence-corrected chi connectivity index (χ1v) is 6.68. The van der Waals surface area contributed by atoms with Gasteiger partial charge in [-0.2, -0.15) is 5.10 Å². The average Bonchev–Trinajstić information content (AvgIpc) is 2.62. The first-order valence-electron chi connectivity index (χ1n) is 6.68. The van der Waals surface area contributed by atoms with Gasteiger partial charge < -0.3 is 15.5 Å². The van der Waals surface area contributed by atoms with E-state index in [0.717, 1.165) is 12.2 Å². The second kappa shape index (κ2) is 5.28. The van der Waals surface area contributed by atoms with E-state index in [2.05, 4.69) is 29.0 Å². The van der Waals surface area contributed by atoms with Crippen molar-refractivity contribution in [2.24, 2.45) is 12.8 Å². The van der Waals surface area contributed by atoms with E-state index in [4.69, 9.17) is 5.73 Å². The van der Waals surface area contributed by atoms with Gasteiger partial charge in [-0.05, 0) is 33.4 Å². The van der Waals surface area contributed by atoms with Gasteiger partial charge in [0.05, 0.1) is 5.69 Å². The second-order valence-electron chi connectivity index (χ2n) is 5.38. The van der Waals surface area contributed by atoms with Crippen molar-refractivity contribution < 1.29 is 0 Å². The Hall–Kier alpha value is -1.07. The van der Waals surface area contributed by atoms with Crippen LogP contribution in [0.15, 0.2) is 0 Å². The molecule has 18 heavy (non-hydrogen) atoms. The Balaban J connectivity index is 2.24. The van der Waals surface area contributed by atoms with Crippen molar-refractivity contribution in [3.05, 3.63) is 11.3 Å². The molecule has 0 aromatic carbocycles. The van der Waals surface area contributed by atoms with Gasteiger partial charge in [-0.3, -0.25) is 4.68 Å². The summed E-state index contributed by atoms with van der Waals surface area (Å²) < 4.78 is 1.96. The molecule has 5 nitrogen and oxygen atoms in total. The van der Waals surface area contributed by atoms with Gasteiger partial charge >= 0.3 is 0 Å². The number of likely N-dealkylation sites (N-methyl/N-ethyl adjacent to an activating group) is 2. The molecule has 1 unspecified atom stereocenters. The molecule has 0 spiro atoms. The van der Waals surface area contributed by atoms with E-state index in [-0.39, 0.29) is 0 Å². The molecule has 1 atom stereocenters. The number of likely N-dealkylation sites (tertiary alicyclic amines) is 1. The molecule has 1 aliphatic heterocycles. The normalized spacial score (nSPS) is 21.3. The van der Waals surface area contributed by atoms with E-state index in [1.165, 1.54) is 30.8 Å². The minimum absolute atomic E-state index is 0.557. The van der Waals surface area contributed by atoms with Gasteiger partial charge in [0.2, 0.25) is 0 Å². The third kappa shape index (κ3) is 2.37. The quantitative estimate of drug-likeness (QED) is 0.860. The van der Waals surface area contributed by atoms with Gasteiger partial charge in [-0.25, -0.2) is 0 Å². The fourth-order valence-corrected chi connectivity index (χ4v) is 3.00. The lowest BCUT2D eigenvalue weighted by Gasteiger charge is -2.37. The molecule has 5 heteroatoms. The van der Waals surface area contributed by atoms with E-state index >= 15 is 0 Å². The van der Waals surface area contributed by atoms with Crippen molar-refractivity contribution in [3.8, 4) is 0 Å². The minimum Gasteiger partial charge on any atom is -0.355 e. The molecule has 1 aromatic rings. The fourth-order valence-electron chi connectivity index (χ4n) is 3.00. The van der Waals surface area contributed by atoms with Crippen LogP contribution in [0.2, 0.25) is 0 Å². The Morgan fingerprint density at radius 1 is 1.44 bits per heavy atom. The summed E-state index contributed by atoms with van der Waals surface area (Å²) in [5, 5.41) is 4.50. The van der Waals surface area contributed by atoms with Crippen LogP contribution in [-0.2, 0) is 13.6 Å². The number of hydrogen-bond donors (Lipinski definition) is 1. The van der Waals surface area contributed by atoms with E-state index in [9.17, 15) is 0 Å². The first-order chi connectivity index (χ1) is 8.54. The smallest absolute Gasteiger partial charge is 0.131 e. The summed E-state index contributed by atoms with van der Waals surface area (Å²) in [6.45, 7) is 4.91. The van der Waals surface area contributed by atoms with Crippen LogP contribution in [0.1, 0.15) is 24.1 Å². The van der Waals surface area contributed by atoms with E-state index < -0.39 is 0 Å². The molecule has 2 heterocycles. The minimum atomic E-state index is 0.557. The molecule has 0 bridgehead atoms. The highest BCUT2D eigenvalue weighted by Crippen LogP contribution is 2.26. The molecule has 102 valence electrons. The van der Waals surface area contributed by atoms with E-state index in [1.54, 1.807) is 0 Å². The van der Waals surface area contributed by atoms with Gasteiger partial charge in [0.1, 0.15) is 5.82 Å². The molecular formula is C13H25N5. The molecule has 0 aliphatic carbocycles. The average molecular weight is 251 g/mol. The third-order valence-electron chi connectivity index (χ3n) is 4.00. The van der Waals surface area contributed by atoms with Gasteiger partial charge in [-0.15, -0.1) is 0 Å². The Morgan fingerprint density at radius 3 is 2.78 bits per heavy atom. The van der Waals surface area contributed by atoms with Gasteiger partial charge in [0.15, 0.2) is 0 Å². The van der Waals surface area contributed by atoms with Crippen molar-refractivity contribution in [2.45, 2.75) is 32.4 Å². The highest BCUT2D eigenvalue weighted by molar-refractivity contribution is 5.50. The van der Waals surface area contributed by atoms with E-state index in [0.29, 0.717) is 12.6 Å². The van der Waals surface area contributed by atoms with Crippen LogP contribution in [0, 0.1) is 6.92 Å². The zero-order valence-electron chi connectivity index (χ0n) is 12.0. The van der Waals surface area contributed by atoms with Crippen LogP contribution in [0.5, 0.6) is 0 Å². The van der Waals surface area contributed by atoms with Crippen molar-refractivity contribution in [1.29, 1.82) is 0 Å². The summed E-state index contributed by atoms with van der Waals surface area (Å²) in [7, 11) is 6.36. The van der Waals surface area contributed by atoms with Crippen LogP contribution < -0.4 is 10.6 Å². The van der Waals surface area contributed by atoms with Gasteiger partial charge in [-0.1, -0.05) is 0 Å². The van der Waals surface area contributed by atoms with Gasteiger partial charge in [0, 0.05) is 38.8 Å². The SMILES string of the molecule is Cc1nn(C)c(N(C)C2CCCN(C)C2)c1CN. The summed E-state index contributed by atoms with van der Waals surface area (Å²) >= 11 is 0. The fraction of sp³-hybridized carbons (Fsp3) is 0.769. The molecule has 1 saturated heterocycles. The van der Waals surface area contributed by atoms with Crippen LogP contribution in [0.3, 0.4) is 0 Å². The molecule has 1 aliphatic rings. The summed E-state index contributed by atoms with van der Waals surface area (Å²) in [4.78, 5) is 4.76. The standard InChI is InChI=1S/C13H25N5/c1-10-12(8-14)13(18(4)15-10)17(3)11-6-5-7-16(2)9-11/h11H,5-9,14H2,1-4H3. The number of anilines is 1. The summed E-state index contributed by atoms with van der Waals surface area (Å²) in [5.74, 6) is 1.18. The Kier molecular flexibility index (Phi) is 3.92. The van der Waals surface area contributed by atoms with E-state index in [1.807, 2.05) is 18.7 Å². The number of aromatic nitrogens is 2. The number of hydrogen-bond acceptors (Lipinski definition) is 4. The zero-order valence-corrected chi connectivity index (χ0v) is 12.0. The summed E-state index contributed by atoms with van der Waals surface area (Å²) in [6, 6.07) is 0.559. The van der Waals surface area contributed by atoms with Crippen LogP contribution in [0.25, 0.3) is 0 Å². The van der Waals surface area contributed by atoms with Gasteiger partial charge in [0.25, 0.3) is 0 Å². The van der Waals surface area contributed by atoms with Crippen LogP contribution in [0.4, 0.5) is 5.82 Å². The van der Waals surface area contributed by atoms with Crippen molar-refractivity contribution in [2.75, 3.05) is 32.1 Å². The van der Waals surface area contributed by atoms with Crippen LogP contribution in [-0.4, -0.2) is 47.9 Å². The molecule has 0 radical (unpaired) electrons. The molecule has 0 amide bonds. The molecule has 2 rings (SSSR count). The highest BCUT2D eigenvalue weighted by atomic mass is 15.4. The lowest BCUT2D eigenvalue weighted by atomic mass is 10.0. The largest absolute Gasteiger partial charge is 0.355 e. The Labute approximate surface area is 110 Å². The Morgan fingerprint density at radius 2 is 2.17 bits per heavy atom. The maximum absolute atomic E-state index is 5.87. The zero-order chi connectivity index (χ0) is 13.3. The molecule has 0 saturated carbocycles. The maximum atomic E-state index is 5.87. The lowest BCUT2D eigenvalue weighted by molar-refractivity contribution is 0.247. The Bertz CT molecular complexity index is 412. The second-order valence-corrected chi connectivity index (χ2v) is 5.38. The topological polar surface area (TPSA) is 50.3 Å². The molecule has 1 aromatic heterocycles. The molecule has 1 fully saturated rings. The maximum Gasteiger partial charge on any atom is 0.131 e. The summed E-state index contributed by atoms with van der Waals surface area (Å²) in [5.41, 5.74) is 8.09. The first kappa shape index (κ1) is 13.4. The predicted molar refractivity (Wildman–Crippen MR) is 74.8 cm³/mol. The monoisotopic (exact) mass is 251 g/mol.